The standard InChI is InChI=1S/C14H22N2O2/c1-10(2)8-16-9-12-4-6-13(7-5-12)18-11(3)14(15)17/h4-7,10-11,16H,8-9H2,1-3H3,(H2,15,17). The maximum absolute atomic E-state index is 10.9. The Kier molecular flexibility index (Phi) is 5.65. The molecule has 0 bridgehead atoms. The summed E-state index contributed by atoms with van der Waals surface area (Å²) in [7, 11) is 0. The first-order valence-electron chi connectivity index (χ1n) is 6.24. The van der Waals surface area contributed by atoms with Crippen molar-refractivity contribution in [2.45, 2.75) is 33.4 Å². The second-order valence-corrected chi connectivity index (χ2v) is 4.83. The molecule has 18 heavy (non-hydrogen) atoms. The topological polar surface area (TPSA) is 64.3 Å². The summed E-state index contributed by atoms with van der Waals surface area (Å²) in [6.45, 7) is 7.82. The van der Waals surface area contributed by atoms with E-state index in [1.54, 1.807) is 6.92 Å². The second-order valence-electron chi connectivity index (χ2n) is 4.83. The highest BCUT2D eigenvalue weighted by Gasteiger charge is 2.09. The zero-order chi connectivity index (χ0) is 13.5. The lowest BCUT2D eigenvalue weighted by molar-refractivity contribution is -0.123. The molecule has 1 amide bonds. The molecule has 0 aromatic heterocycles. The average Bonchev–Trinajstić information content (AvgIpc) is 2.30. The van der Waals surface area contributed by atoms with Gasteiger partial charge < -0.3 is 15.8 Å². The molecule has 0 radical (unpaired) electrons. The molecule has 3 N–H and O–H groups in total. The maximum Gasteiger partial charge on any atom is 0.258 e. The van der Waals surface area contributed by atoms with Gasteiger partial charge in [0.05, 0.1) is 0 Å². The summed E-state index contributed by atoms with van der Waals surface area (Å²) in [5.41, 5.74) is 6.32. The quantitative estimate of drug-likeness (QED) is 0.774. The molecule has 0 heterocycles. The van der Waals surface area contributed by atoms with Crippen molar-refractivity contribution >= 4 is 5.91 Å². The summed E-state index contributed by atoms with van der Waals surface area (Å²) in [4.78, 5) is 10.9. The first-order chi connectivity index (χ1) is 8.49. The van der Waals surface area contributed by atoms with Crippen molar-refractivity contribution in [2.75, 3.05) is 6.54 Å². The number of nitrogens with one attached hydrogen (secondary N) is 1. The van der Waals surface area contributed by atoms with Crippen LogP contribution in [-0.4, -0.2) is 18.6 Å². The van der Waals surface area contributed by atoms with Gasteiger partial charge in [-0.25, -0.2) is 0 Å². The van der Waals surface area contributed by atoms with Crippen molar-refractivity contribution in [2.24, 2.45) is 11.7 Å². The Morgan fingerprint density at radius 2 is 1.89 bits per heavy atom. The smallest absolute Gasteiger partial charge is 0.258 e. The maximum atomic E-state index is 10.9. The molecule has 1 rings (SSSR count). The van der Waals surface area contributed by atoms with E-state index in [2.05, 4.69) is 19.2 Å². The average molecular weight is 250 g/mol. The highest BCUT2D eigenvalue weighted by atomic mass is 16.5. The molecular weight excluding hydrogens is 228 g/mol. The number of rotatable bonds is 7. The highest BCUT2D eigenvalue weighted by Crippen LogP contribution is 2.13. The summed E-state index contributed by atoms with van der Waals surface area (Å²) in [6.07, 6.45) is -0.602. The van der Waals surface area contributed by atoms with Crippen LogP contribution in [0.5, 0.6) is 5.75 Å². The van der Waals surface area contributed by atoms with Gasteiger partial charge in [-0.05, 0) is 37.1 Å². The van der Waals surface area contributed by atoms with Crippen LogP contribution in [0.1, 0.15) is 26.3 Å². The molecule has 0 saturated carbocycles. The number of amides is 1. The Morgan fingerprint density at radius 3 is 2.39 bits per heavy atom. The summed E-state index contributed by atoms with van der Waals surface area (Å²) in [6, 6.07) is 7.67. The third-order valence-corrected chi connectivity index (χ3v) is 2.52. The van der Waals surface area contributed by atoms with E-state index in [1.165, 1.54) is 5.56 Å². The van der Waals surface area contributed by atoms with Gasteiger partial charge in [-0.3, -0.25) is 4.79 Å². The number of ether oxygens (including phenoxy) is 1. The third-order valence-electron chi connectivity index (χ3n) is 2.52. The molecule has 4 heteroatoms. The molecule has 4 nitrogen and oxygen atoms in total. The highest BCUT2D eigenvalue weighted by molar-refractivity contribution is 5.78. The lowest BCUT2D eigenvalue weighted by Gasteiger charge is -2.12. The zero-order valence-electron chi connectivity index (χ0n) is 11.3. The number of carbonyl (C=O) groups excluding carboxylic acids is 1. The van der Waals surface area contributed by atoms with Crippen LogP contribution >= 0.6 is 0 Å². The van der Waals surface area contributed by atoms with Gasteiger partial charge in [0.15, 0.2) is 6.10 Å². The number of carbonyl (C=O) groups is 1. The minimum Gasteiger partial charge on any atom is -0.481 e. The third kappa shape index (κ3) is 5.19. The van der Waals surface area contributed by atoms with Crippen LogP contribution in [0.25, 0.3) is 0 Å². The predicted octanol–water partition coefficient (Wildman–Crippen LogP) is 1.68. The van der Waals surface area contributed by atoms with E-state index in [4.69, 9.17) is 10.5 Å². The largest absolute Gasteiger partial charge is 0.481 e. The van der Waals surface area contributed by atoms with Crippen molar-refractivity contribution < 1.29 is 9.53 Å². The van der Waals surface area contributed by atoms with E-state index < -0.39 is 12.0 Å². The molecule has 0 aliphatic carbocycles. The molecule has 1 aromatic carbocycles. The number of hydrogen-bond donors (Lipinski definition) is 2. The Balaban J connectivity index is 2.44. The van der Waals surface area contributed by atoms with Crippen LogP contribution < -0.4 is 15.8 Å². The molecular formula is C14H22N2O2. The van der Waals surface area contributed by atoms with E-state index >= 15 is 0 Å². The van der Waals surface area contributed by atoms with Crippen molar-refractivity contribution in [3.63, 3.8) is 0 Å². The minimum absolute atomic E-state index is 0.460. The van der Waals surface area contributed by atoms with Crippen LogP contribution in [0.3, 0.4) is 0 Å². The first-order valence-corrected chi connectivity index (χ1v) is 6.24. The van der Waals surface area contributed by atoms with Crippen molar-refractivity contribution in [1.82, 2.24) is 5.32 Å². The molecule has 0 aliphatic heterocycles. The summed E-state index contributed by atoms with van der Waals surface area (Å²) in [5.74, 6) is 0.843. The van der Waals surface area contributed by atoms with Gasteiger partial charge in [-0.2, -0.15) is 0 Å². The fourth-order valence-corrected chi connectivity index (χ4v) is 1.45. The van der Waals surface area contributed by atoms with E-state index in [1.807, 2.05) is 24.3 Å². The normalized spacial score (nSPS) is 12.4. The molecule has 1 atom stereocenters. The van der Waals surface area contributed by atoms with Gasteiger partial charge in [0, 0.05) is 6.54 Å². The Labute approximate surface area is 109 Å². The van der Waals surface area contributed by atoms with Gasteiger partial charge in [0.25, 0.3) is 5.91 Å². The van der Waals surface area contributed by atoms with E-state index in [-0.39, 0.29) is 0 Å². The van der Waals surface area contributed by atoms with Crippen LogP contribution in [0.15, 0.2) is 24.3 Å². The van der Waals surface area contributed by atoms with E-state index in [0.717, 1.165) is 13.1 Å². The summed E-state index contributed by atoms with van der Waals surface area (Å²) in [5, 5.41) is 3.36. The monoisotopic (exact) mass is 250 g/mol. The van der Waals surface area contributed by atoms with E-state index in [0.29, 0.717) is 11.7 Å². The second kappa shape index (κ2) is 7.01. The lowest BCUT2D eigenvalue weighted by atomic mass is 10.2. The Morgan fingerprint density at radius 1 is 1.28 bits per heavy atom. The molecule has 0 saturated heterocycles. The Bertz CT molecular complexity index is 374. The SMILES string of the molecule is CC(C)CNCc1ccc(OC(C)C(N)=O)cc1. The lowest BCUT2D eigenvalue weighted by Crippen LogP contribution is -2.30. The van der Waals surface area contributed by atoms with Crippen molar-refractivity contribution in [3.8, 4) is 5.75 Å². The van der Waals surface area contributed by atoms with Gasteiger partial charge >= 0.3 is 0 Å². The molecule has 1 aromatic rings. The fourth-order valence-electron chi connectivity index (χ4n) is 1.45. The predicted molar refractivity (Wildman–Crippen MR) is 72.3 cm³/mol. The molecule has 0 spiro atoms. The van der Waals surface area contributed by atoms with Crippen LogP contribution in [0.4, 0.5) is 0 Å². The number of benzene rings is 1. The van der Waals surface area contributed by atoms with E-state index in [9.17, 15) is 4.79 Å². The van der Waals surface area contributed by atoms with Crippen LogP contribution in [0, 0.1) is 5.92 Å². The van der Waals surface area contributed by atoms with Crippen molar-refractivity contribution in [1.29, 1.82) is 0 Å². The number of hydrogen-bond acceptors (Lipinski definition) is 3. The summed E-state index contributed by atoms with van der Waals surface area (Å²) < 4.78 is 5.38. The van der Waals surface area contributed by atoms with Gasteiger partial charge in [0.2, 0.25) is 0 Å². The molecule has 100 valence electrons. The van der Waals surface area contributed by atoms with Crippen molar-refractivity contribution in [3.05, 3.63) is 29.8 Å². The van der Waals surface area contributed by atoms with Crippen LogP contribution in [0.2, 0.25) is 0 Å². The summed E-state index contributed by atoms with van der Waals surface area (Å²) >= 11 is 0. The molecule has 1 unspecified atom stereocenters. The van der Waals surface area contributed by atoms with Gasteiger partial charge in [-0.1, -0.05) is 26.0 Å². The van der Waals surface area contributed by atoms with Gasteiger partial charge in [0.1, 0.15) is 5.75 Å². The fraction of sp³-hybridized carbons (Fsp3) is 0.500. The number of primary amides is 1. The minimum atomic E-state index is -0.602. The Hall–Kier alpha value is -1.55. The van der Waals surface area contributed by atoms with Crippen LogP contribution in [-0.2, 0) is 11.3 Å². The first kappa shape index (κ1) is 14.5. The molecule has 0 aliphatic rings. The zero-order valence-corrected chi connectivity index (χ0v) is 11.3. The van der Waals surface area contributed by atoms with Gasteiger partial charge in [-0.15, -0.1) is 0 Å². The molecule has 0 fully saturated rings. The number of nitrogens with two attached hydrogens (primary N) is 1.